The van der Waals surface area contributed by atoms with Gasteiger partial charge in [0.15, 0.2) is 5.78 Å². The maximum Gasteiger partial charge on any atom is 0.331 e. The molecule has 0 saturated heterocycles. The smallest absolute Gasteiger partial charge is 0.331 e. The second-order valence-corrected chi connectivity index (χ2v) is 11.6. The number of methoxy groups -OCH3 is 1. The highest BCUT2D eigenvalue weighted by Gasteiger charge is 2.18. The fraction of sp³-hybridized carbons (Fsp3) is 0.647. The Morgan fingerprint density at radius 1 is 0.531 bits per heavy atom. The minimum Gasteiger partial charge on any atom is -0.463 e. The van der Waals surface area contributed by atoms with Gasteiger partial charge in [0, 0.05) is 44.6 Å². The molecule has 4 unspecified atom stereocenters. The quantitative estimate of drug-likeness (QED) is 0.0628. The van der Waals surface area contributed by atoms with Crippen LogP contribution in [-0.4, -0.2) is 91.8 Å². The molecule has 0 aromatic carbocycles. The standard InChI is InChI=1S/C34H50O15/c1-23(18-20-45-28(37)13-10-27(36)9-8-26(4)44-5)6-11-31(40)48-33(42)16-17-34(43)49-32(41)12-7-24(2)19-21-46-29(38)14-15-30(39)47-22-25(3)35/h10,13-15,23-26,35H,6-9,11-12,16-22H2,1-5H3/b13-10+,15-14+. The number of carbonyl (C=O) groups is 8. The van der Waals surface area contributed by atoms with Crippen molar-refractivity contribution >= 4 is 47.6 Å². The molecule has 276 valence electrons. The van der Waals surface area contributed by atoms with Crippen molar-refractivity contribution < 1.29 is 71.9 Å². The molecule has 0 fully saturated rings. The summed E-state index contributed by atoms with van der Waals surface area (Å²) in [5.41, 5.74) is 0. The van der Waals surface area contributed by atoms with Crippen LogP contribution in [-0.2, 0) is 66.8 Å². The van der Waals surface area contributed by atoms with Crippen molar-refractivity contribution in [3.05, 3.63) is 24.3 Å². The van der Waals surface area contributed by atoms with Gasteiger partial charge in [0.2, 0.25) is 0 Å². The zero-order valence-electron chi connectivity index (χ0n) is 29.0. The van der Waals surface area contributed by atoms with Crippen molar-refractivity contribution in [3.8, 4) is 0 Å². The lowest BCUT2D eigenvalue weighted by molar-refractivity contribution is -0.165. The number of esters is 7. The number of rotatable bonds is 25. The van der Waals surface area contributed by atoms with E-state index in [0.717, 1.165) is 18.2 Å². The van der Waals surface area contributed by atoms with Gasteiger partial charge in [0.05, 0.1) is 38.3 Å². The van der Waals surface area contributed by atoms with Crippen molar-refractivity contribution in [2.24, 2.45) is 11.8 Å². The van der Waals surface area contributed by atoms with Crippen LogP contribution in [0.2, 0.25) is 0 Å². The molecule has 0 aromatic heterocycles. The van der Waals surface area contributed by atoms with E-state index in [-0.39, 0.29) is 62.8 Å². The number of hydrogen-bond acceptors (Lipinski definition) is 15. The lowest BCUT2D eigenvalue weighted by Crippen LogP contribution is -2.17. The first-order valence-corrected chi connectivity index (χ1v) is 16.2. The van der Waals surface area contributed by atoms with E-state index in [9.17, 15) is 38.4 Å². The van der Waals surface area contributed by atoms with Crippen LogP contribution >= 0.6 is 0 Å². The van der Waals surface area contributed by atoms with Gasteiger partial charge in [0.1, 0.15) is 6.61 Å². The average Bonchev–Trinajstić information content (AvgIpc) is 3.04. The minimum atomic E-state index is -0.946. The normalized spacial score (nSPS) is 13.6. The largest absolute Gasteiger partial charge is 0.463 e. The third-order valence-electron chi connectivity index (χ3n) is 6.81. The molecule has 49 heavy (non-hydrogen) atoms. The zero-order valence-corrected chi connectivity index (χ0v) is 29.0. The number of aliphatic hydroxyl groups is 1. The van der Waals surface area contributed by atoms with E-state index in [1.165, 1.54) is 13.0 Å². The number of carbonyl (C=O) groups excluding carboxylic acids is 8. The van der Waals surface area contributed by atoms with Crippen LogP contribution in [0.5, 0.6) is 0 Å². The Hall–Kier alpha value is -4.24. The Morgan fingerprint density at radius 3 is 1.37 bits per heavy atom. The zero-order chi connectivity index (χ0) is 37.2. The van der Waals surface area contributed by atoms with Gasteiger partial charge in [-0.15, -0.1) is 0 Å². The van der Waals surface area contributed by atoms with Crippen molar-refractivity contribution in [1.29, 1.82) is 0 Å². The summed E-state index contributed by atoms with van der Waals surface area (Å²) in [4.78, 5) is 94.3. The summed E-state index contributed by atoms with van der Waals surface area (Å²) in [6.45, 7) is 6.79. The molecule has 0 amide bonds. The highest BCUT2D eigenvalue weighted by molar-refractivity contribution is 5.96. The molecule has 0 aromatic rings. The maximum atomic E-state index is 12.0. The molecule has 15 nitrogen and oxygen atoms in total. The predicted molar refractivity (Wildman–Crippen MR) is 171 cm³/mol. The molecule has 0 rings (SSSR count). The first-order valence-electron chi connectivity index (χ1n) is 16.2. The van der Waals surface area contributed by atoms with Crippen LogP contribution in [0, 0.1) is 11.8 Å². The second-order valence-electron chi connectivity index (χ2n) is 11.6. The number of ketones is 1. The summed E-state index contributed by atoms with van der Waals surface area (Å²) in [7, 11) is 1.55. The van der Waals surface area contributed by atoms with Crippen LogP contribution in [0.1, 0.15) is 91.9 Å². The number of allylic oxidation sites excluding steroid dienone is 1. The lowest BCUT2D eigenvalue weighted by Gasteiger charge is -2.11. The molecule has 0 aliphatic carbocycles. The molecule has 0 aliphatic heterocycles. The highest BCUT2D eigenvalue weighted by Crippen LogP contribution is 2.13. The number of hydrogen-bond donors (Lipinski definition) is 1. The van der Waals surface area contributed by atoms with Crippen LogP contribution in [0.25, 0.3) is 0 Å². The molecule has 1 N–H and O–H groups in total. The Kier molecular flexibility index (Phi) is 24.4. The highest BCUT2D eigenvalue weighted by atomic mass is 16.6. The number of ether oxygens (including phenoxy) is 6. The van der Waals surface area contributed by atoms with Gasteiger partial charge in [-0.1, -0.05) is 13.8 Å². The first-order chi connectivity index (χ1) is 23.1. The summed E-state index contributed by atoms with van der Waals surface area (Å²) in [6.07, 6.45) is 4.34. The summed E-state index contributed by atoms with van der Waals surface area (Å²) >= 11 is 0. The van der Waals surface area contributed by atoms with Crippen molar-refractivity contribution in [2.75, 3.05) is 26.9 Å². The molecule has 15 heteroatoms. The van der Waals surface area contributed by atoms with Crippen molar-refractivity contribution in [2.45, 2.75) is 104 Å². The lowest BCUT2D eigenvalue weighted by atomic mass is 10.0. The third-order valence-corrected chi connectivity index (χ3v) is 6.81. The van der Waals surface area contributed by atoms with E-state index in [2.05, 4.69) is 9.47 Å². The van der Waals surface area contributed by atoms with E-state index in [0.29, 0.717) is 32.1 Å². The summed E-state index contributed by atoms with van der Waals surface area (Å²) in [6, 6.07) is 0. The van der Waals surface area contributed by atoms with Crippen molar-refractivity contribution in [1.82, 2.24) is 0 Å². The fourth-order valence-corrected chi connectivity index (χ4v) is 3.59. The topological polar surface area (TPSA) is 212 Å². The van der Waals surface area contributed by atoms with E-state index < -0.39 is 60.7 Å². The molecule has 0 heterocycles. The van der Waals surface area contributed by atoms with Crippen molar-refractivity contribution in [3.63, 3.8) is 0 Å². The molecule has 0 bridgehead atoms. The van der Waals surface area contributed by atoms with Gasteiger partial charge in [-0.3, -0.25) is 24.0 Å². The van der Waals surface area contributed by atoms with E-state index >= 15 is 0 Å². The van der Waals surface area contributed by atoms with Crippen LogP contribution < -0.4 is 0 Å². The monoisotopic (exact) mass is 698 g/mol. The summed E-state index contributed by atoms with van der Waals surface area (Å²) in [5.74, 6) is -6.02. The maximum absolute atomic E-state index is 12.0. The van der Waals surface area contributed by atoms with E-state index in [1.807, 2.05) is 13.8 Å². The Balaban J connectivity index is 4.08. The van der Waals surface area contributed by atoms with Crippen LogP contribution in [0.15, 0.2) is 24.3 Å². The summed E-state index contributed by atoms with van der Waals surface area (Å²) < 4.78 is 29.1. The minimum absolute atomic E-state index is 0.0221. The molecule has 0 spiro atoms. The van der Waals surface area contributed by atoms with E-state index in [1.54, 1.807) is 14.0 Å². The molecular formula is C34H50O15. The van der Waals surface area contributed by atoms with Gasteiger partial charge in [-0.25, -0.2) is 14.4 Å². The molecular weight excluding hydrogens is 648 g/mol. The van der Waals surface area contributed by atoms with Crippen LogP contribution in [0.3, 0.4) is 0 Å². The van der Waals surface area contributed by atoms with E-state index in [4.69, 9.17) is 24.1 Å². The van der Waals surface area contributed by atoms with Crippen LogP contribution in [0.4, 0.5) is 0 Å². The van der Waals surface area contributed by atoms with Gasteiger partial charge >= 0.3 is 41.8 Å². The SMILES string of the molecule is COC(C)CCC(=O)/C=C/C(=O)OCCC(C)CCC(=O)OC(=O)CCC(=O)OC(=O)CCC(C)CCOC(=O)/C=C/C(=O)OCC(C)O. The molecule has 0 aliphatic rings. The summed E-state index contributed by atoms with van der Waals surface area (Å²) in [5, 5.41) is 9.05. The third kappa shape index (κ3) is 27.4. The molecule has 0 radical (unpaired) electrons. The Bertz CT molecular complexity index is 1150. The predicted octanol–water partition coefficient (Wildman–Crippen LogP) is 3.03. The van der Waals surface area contributed by atoms with Gasteiger partial charge in [-0.05, 0) is 63.9 Å². The first kappa shape index (κ1) is 44.8. The Labute approximate surface area is 286 Å². The molecule has 0 saturated carbocycles. The van der Waals surface area contributed by atoms with Gasteiger partial charge in [0.25, 0.3) is 0 Å². The molecule has 4 atom stereocenters. The Morgan fingerprint density at radius 2 is 0.939 bits per heavy atom. The van der Waals surface area contributed by atoms with Gasteiger partial charge < -0.3 is 33.5 Å². The number of aliphatic hydroxyl groups excluding tert-OH is 1. The second kappa shape index (κ2) is 26.7. The van der Waals surface area contributed by atoms with Gasteiger partial charge in [-0.2, -0.15) is 0 Å². The fourth-order valence-electron chi connectivity index (χ4n) is 3.59. The average molecular weight is 699 g/mol.